The summed E-state index contributed by atoms with van der Waals surface area (Å²) in [4.78, 5) is 4.38. The number of aromatic nitrogens is 2. The van der Waals surface area contributed by atoms with Crippen molar-refractivity contribution in [1.29, 1.82) is 0 Å². The van der Waals surface area contributed by atoms with Crippen molar-refractivity contribution in [1.82, 2.24) is 14.3 Å². The molecular weight excluding hydrogens is 353 g/mol. The number of imidazole rings is 1. The standard InChI is InChI=1S/C19H20FN3O2S/c1-13-8-9-17(14(2)12-13)26(24,25)22-18(19-21-10-11-23(19)3)15-6-4-5-7-16(15)20/h4-12,18,22H,1-3H3. The van der Waals surface area contributed by atoms with Crippen molar-refractivity contribution in [3.05, 3.63) is 83.2 Å². The Kier molecular flexibility index (Phi) is 4.93. The molecule has 0 aliphatic rings. The zero-order valence-corrected chi connectivity index (χ0v) is 15.6. The Morgan fingerprint density at radius 3 is 2.50 bits per heavy atom. The highest BCUT2D eigenvalue weighted by Crippen LogP contribution is 2.26. The molecule has 1 N–H and O–H groups in total. The number of sulfonamides is 1. The molecule has 3 aromatic rings. The highest BCUT2D eigenvalue weighted by Gasteiger charge is 2.28. The van der Waals surface area contributed by atoms with E-state index in [1.807, 2.05) is 6.92 Å². The van der Waals surface area contributed by atoms with Gasteiger partial charge in [0.2, 0.25) is 10.0 Å². The van der Waals surface area contributed by atoms with Crippen LogP contribution in [0.5, 0.6) is 0 Å². The van der Waals surface area contributed by atoms with E-state index in [2.05, 4.69) is 9.71 Å². The van der Waals surface area contributed by atoms with E-state index in [1.165, 1.54) is 6.07 Å². The molecule has 26 heavy (non-hydrogen) atoms. The van der Waals surface area contributed by atoms with Gasteiger partial charge in [0.25, 0.3) is 0 Å². The molecule has 5 nitrogen and oxygen atoms in total. The van der Waals surface area contributed by atoms with Crippen molar-refractivity contribution >= 4 is 10.0 Å². The summed E-state index contributed by atoms with van der Waals surface area (Å²) in [6, 6.07) is 10.2. The van der Waals surface area contributed by atoms with Crippen LogP contribution in [0.4, 0.5) is 4.39 Å². The molecule has 2 aromatic carbocycles. The van der Waals surface area contributed by atoms with Crippen molar-refractivity contribution in [3.8, 4) is 0 Å². The van der Waals surface area contributed by atoms with Crippen LogP contribution in [0.25, 0.3) is 0 Å². The lowest BCUT2D eigenvalue weighted by Crippen LogP contribution is -2.32. The second-order valence-electron chi connectivity index (χ2n) is 6.24. The molecule has 0 fully saturated rings. The predicted octanol–water partition coefficient (Wildman–Crippen LogP) is 3.24. The fourth-order valence-electron chi connectivity index (χ4n) is 2.94. The highest BCUT2D eigenvalue weighted by molar-refractivity contribution is 7.89. The summed E-state index contributed by atoms with van der Waals surface area (Å²) in [6.45, 7) is 3.63. The first-order chi connectivity index (χ1) is 12.3. The smallest absolute Gasteiger partial charge is 0.241 e. The van der Waals surface area contributed by atoms with Gasteiger partial charge in [0, 0.05) is 25.0 Å². The zero-order chi connectivity index (χ0) is 18.9. The Hall–Kier alpha value is -2.51. The maximum absolute atomic E-state index is 14.4. The van der Waals surface area contributed by atoms with Gasteiger partial charge in [-0.25, -0.2) is 17.8 Å². The molecule has 0 bridgehead atoms. The van der Waals surface area contributed by atoms with Gasteiger partial charge in [0.15, 0.2) is 0 Å². The van der Waals surface area contributed by atoms with E-state index >= 15 is 0 Å². The van der Waals surface area contributed by atoms with Crippen molar-refractivity contribution in [2.75, 3.05) is 0 Å². The maximum Gasteiger partial charge on any atom is 0.241 e. The number of hydrogen-bond donors (Lipinski definition) is 1. The molecule has 7 heteroatoms. The van der Waals surface area contributed by atoms with Crippen molar-refractivity contribution in [2.45, 2.75) is 24.8 Å². The fourth-order valence-corrected chi connectivity index (χ4v) is 4.34. The van der Waals surface area contributed by atoms with Crippen LogP contribution in [0.3, 0.4) is 0 Å². The van der Waals surface area contributed by atoms with Crippen LogP contribution in [0.15, 0.2) is 59.8 Å². The molecule has 0 amide bonds. The van der Waals surface area contributed by atoms with E-state index in [-0.39, 0.29) is 10.5 Å². The van der Waals surface area contributed by atoms with Crippen molar-refractivity contribution in [2.24, 2.45) is 7.05 Å². The summed E-state index contributed by atoms with van der Waals surface area (Å²) in [7, 11) is -2.15. The van der Waals surface area contributed by atoms with Gasteiger partial charge < -0.3 is 4.57 Å². The van der Waals surface area contributed by atoms with Gasteiger partial charge in [-0.05, 0) is 31.5 Å². The van der Waals surface area contributed by atoms with Crippen molar-refractivity contribution < 1.29 is 12.8 Å². The molecule has 1 unspecified atom stereocenters. The Labute approximate surface area is 152 Å². The van der Waals surface area contributed by atoms with E-state index in [0.29, 0.717) is 11.4 Å². The summed E-state index contributed by atoms with van der Waals surface area (Å²) >= 11 is 0. The first-order valence-electron chi connectivity index (χ1n) is 8.11. The van der Waals surface area contributed by atoms with Crippen LogP contribution in [0.1, 0.15) is 28.6 Å². The highest BCUT2D eigenvalue weighted by atomic mass is 32.2. The molecule has 0 radical (unpaired) electrons. The normalized spacial score (nSPS) is 12.9. The third-order valence-electron chi connectivity index (χ3n) is 4.23. The number of benzene rings is 2. The third-order valence-corrected chi connectivity index (χ3v) is 5.81. The van der Waals surface area contributed by atoms with E-state index < -0.39 is 21.9 Å². The Morgan fingerprint density at radius 1 is 1.15 bits per heavy atom. The SMILES string of the molecule is Cc1ccc(S(=O)(=O)NC(c2ccccc2F)c2nccn2C)c(C)c1. The fraction of sp³-hybridized carbons (Fsp3) is 0.211. The molecule has 0 aliphatic heterocycles. The van der Waals surface area contributed by atoms with Crippen LogP contribution in [0, 0.1) is 19.7 Å². The third kappa shape index (κ3) is 3.54. The van der Waals surface area contributed by atoms with Crippen LogP contribution in [0.2, 0.25) is 0 Å². The lowest BCUT2D eigenvalue weighted by molar-refractivity contribution is 0.544. The molecule has 1 atom stereocenters. The number of nitrogens with zero attached hydrogens (tertiary/aromatic N) is 2. The lowest BCUT2D eigenvalue weighted by atomic mass is 10.1. The molecule has 136 valence electrons. The summed E-state index contributed by atoms with van der Waals surface area (Å²) in [6.07, 6.45) is 3.24. The molecular formula is C19H20FN3O2S. The number of halogens is 1. The van der Waals surface area contributed by atoms with Gasteiger partial charge >= 0.3 is 0 Å². The Morgan fingerprint density at radius 2 is 1.88 bits per heavy atom. The van der Waals surface area contributed by atoms with Gasteiger partial charge in [-0.15, -0.1) is 0 Å². The minimum absolute atomic E-state index is 0.165. The number of nitrogens with one attached hydrogen (secondary N) is 1. The van der Waals surface area contributed by atoms with Gasteiger partial charge in [-0.3, -0.25) is 0 Å². The lowest BCUT2D eigenvalue weighted by Gasteiger charge is -2.20. The van der Waals surface area contributed by atoms with E-state index in [9.17, 15) is 12.8 Å². The number of aryl methyl sites for hydroxylation is 3. The van der Waals surface area contributed by atoms with E-state index in [1.54, 1.807) is 67.3 Å². The van der Waals surface area contributed by atoms with Gasteiger partial charge in [-0.1, -0.05) is 35.9 Å². The van der Waals surface area contributed by atoms with Gasteiger partial charge in [0.05, 0.1) is 4.90 Å². The second-order valence-corrected chi connectivity index (χ2v) is 7.92. The van der Waals surface area contributed by atoms with E-state index in [4.69, 9.17) is 0 Å². The van der Waals surface area contributed by atoms with Crippen LogP contribution in [-0.2, 0) is 17.1 Å². The van der Waals surface area contributed by atoms with Crippen LogP contribution in [-0.4, -0.2) is 18.0 Å². The van der Waals surface area contributed by atoms with Crippen LogP contribution >= 0.6 is 0 Å². The molecule has 0 saturated carbocycles. The number of hydrogen-bond acceptors (Lipinski definition) is 3. The minimum atomic E-state index is -3.88. The average Bonchev–Trinajstić information content (AvgIpc) is 2.99. The maximum atomic E-state index is 14.4. The molecule has 3 rings (SSSR count). The molecule has 0 aliphatic carbocycles. The van der Waals surface area contributed by atoms with Crippen molar-refractivity contribution in [3.63, 3.8) is 0 Å². The zero-order valence-electron chi connectivity index (χ0n) is 14.8. The van der Waals surface area contributed by atoms with Gasteiger partial charge in [0.1, 0.15) is 17.7 Å². The first-order valence-corrected chi connectivity index (χ1v) is 9.59. The quantitative estimate of drug-likeness (QED) is 0.747. The number of rotatable bonds is 5. The molecule has 1 aromatic heterocycles. The second kappa shape index (κ2) is 7.01. The molecule has 1 heterocycles. The Bertz CT molecular complexity index is 1040. The summed E-state index contributed by atoms with van der Waals surface area (Å²) < 4.78 is 44.7. The molecule has 0 spiro atoms. The van der Waals surface area contributed by atoms with Crippen LogP contribution < -0.4 is 4.72 Å². The Balaban J connectivity index is 2.09. The minimum Gasteiger partial charge on any atom is -0.336 e. The largest absolute Gasteiger partial charge is 0.336 e. The predicted molar refractivity (Wildman–Crippen MR) is 97.7 cm³/mol. The average molecular weight is 373 g/mol. The molecule has 0 saturated heterocycles. The van der Waals surface area contributed by atoms with E-state index in [0.717, 1.165) is 5.56 Å². The summed E-state index contributed by atoms with van der Waals surface area (Å²) in [5.74, 6) is -0.0905. The monoisotopic (exact) mass is 373 g/mol. The summed E-state index contributed by atoms with van der Waals surface area (Å²) in [5, 5.41) is 0. The van der Waals surface area contributed by atoms with Gasteiger partial charge in [-0.2, -0.15) is 4.72 Å². The summed E-state index contributed by atoms with van der Waals surface area (Å²) in [5.41, 5.74) is 1.82. The topological polar surface area (TPSA) is 64.0 Å². The first kappa shape index (κ1) is 18.3.